The first-order valence-electron chi connectivity index (χ1n) is 7.60. The molecule has 0 amide bonds. The minimum Gasteiger partial charge on any atom is -0.497 e. The van der Waals surface area contributed by atoms with E-state index in [9.17, 15) is 4.79 Å². The number of nitrogens with zero attached hydrogens (tertiary/aromatic N) is 2. The average Bonchev–Trinajstić information content (AvgIpc) is 2.97. The minimum atomic E-state index is -0.0902. The van der Waals surface area contributed by atoms with Crippen LogP contribution in [0, 0.1) is 0 Å². The summed E-state index contributed by atoms with van der Waals surface area (Å²) in [5.74, 6) is 0.761. The second kappa shape index (κ2) is 5.66. The summed E-state index contributed by atoms with van der Waals surface area (Å²) >= 11 is 1.77. The van der Waals surface area contributed by atoms with Crippen LogP contribution in [0.15, 0.2) is 46.6 Å². The van der Waals surface area contributed by atoms with E-state index in [1.54, 1.807) is 24.5 Å². The first-order valence-corrected chi connectivity index (χ1v) is 8.48. The summed E-state index contributed by atoms with van der Waals surface area (Å²) in [4.78, 5) is 13.8. The van der Waals surface area contributed by atoms with Crippen molar-refractivity contribution >= 4 is 11.3 Å². The molecule has 116 valence electrons. The average molecular weight is 324 g/mol. The number of hydrogen-bond donors (Lipinski definition) is 0. The van der Waals surface area contributed by atoms with Gasteiger partial charge in [-0.05, 0) is 60.5 Å². The molecule has 2 aromatic heterocycles. The van der Waals surface area contributed by atoms with Crippen LogP contribution in [0.25, 0.3) is 16.9 Å². The lowest BCUT2D eigenvalue weighted by Gasteiger charge is -2.10. The zero-order chi connectivity index (χ0) is 15.8. The number of ether oxygens (including phenoxy) is 1. The lowest BCUT2D eigenvalue weighted by atomic mass is 10.1. The molecule has 23 heavy (non-hydrogen) atoms. The smallest absolute Gasteiger partial charge is 0.271 e. The molecule has 0 fully saturated rings. The molecule has 0 atom stereocenters. The second-order valence-corrected chi connectivity index (χ2v) is 6.58. The van der Waals surface area contributed by atoms with Crippen LogP contribution in [0.1, 0.15) is 16.9 Å². The lowest BCUT2D eigenvalue weighted by Crippen LogP contribution is -2.22. The summed E-state index contributed by atoms with van der Waals surface area (Å²) in [5, 5.41) is 6.78. The third kappa shape index (κ3) is 2.47. The number of benzene rings is 1. The van der Waals surface area contributed by atoms with Gasteiger partial charge in [0.1, 0.15) is 5.75 Å². The summed E-state index contributed by atoms with van der Waals surface area (Å²) in [6, 6.07) is 11.2. The Bertz CT molecular complexity index is 910. The Balaban J connectivity index is 1.89. The quantitative estimate of drug-likeness (QED) is 0.725. The Morgan fingerprint density at radius 3 is 2.78 bits per heavy atom. The number of hydrogen-bond acceptors (Lipinski definition) is 4. The van der Waals surface area contributed by atoms with Crippen molar-refractivity contribution in [3.63, 3.8) is 0 Å². The van der Waals surface area contributed by atoms with E-state index in [1.165, 1.54) is 15.1 Å². The number of aryl methyl sites for hydroxylation is 2. The van der Waals surface area contributed by atoms with Crippen LogP contribution >= 0.6 is 11.3 Å². The molecule has 0 aliphatic heterocycles. The van der Waals surface area contributed by atoms with Crippen LogP contribution in [0.4, 0.5) is 0 Å². The van der Waals surface area contributed by atoms with Gasteiger partial charge < -0.3 is 4.74 Å². The molecule has 0 saturated heterocycles. The van der Waals surface area contributed by atoms with E-state index in [4.69, 9.17) is 4.74 Å². The van der Waals surface area contributed by atoms with Gasteiger partial charge in [-0.15, -0.1) is 11.3 Å². The standard InChI is InChI=1S/C18H16N2O2S/c1-22-14-7-5-13(6-8-14)20-17(21)11-12-3-2-4-16-15(9-10-23-16)18(12)19-20/h5-11H,2-4H2,1H3. The monoisotopic (exact) mass is 324 g/mol. The summed E-state index contributed by atoms with van der Waals surface area (Å²) in [6.07, 6.45) is 3.02. The van der Waals surface area contributed by atoms with Gasteiger partial charge >= 0.3 is 0 Å². The van der Waals surface area contributed by atoms with Gasteiger partial charge in [0.2, 0.25) is 0 Å². The molecule has 0 saturated carbocycles. The molecule has 1 aliphatic rings. The molecule has 4 nitrogen and oxygen atoms in total. The number of thiophene rings is 1. The molecular formula is C18H16N2O2S. The van der Waals surface area contributed by atoms with Crippen LogP contribution in [0.5, 0.6) is 5.75 Å². The van der Waals surface area contributed by atoms with Crippen LogP contribution < -0.4 is 10.3 Å². The predicted octanol–water partition coefficient (Wildman–Crippen LogP) is 3.46. The highest BCUT2D eigenvalue weighted by atomic mass is 32.1. The van der Waals surface area contributed by atoms with Crippen molar-refractivity contribution < 1.29 is 4.74 Å². The normalized spacial score (nSPS) is 13.1. The van der Waals surface area contributed by atoms with Gasteiger partial charge in [-0.3, -0.25) is 4.79 Å². The van der Waals surface area contributed by atoms with Gasteiger partial charge in [0, 0.05) is 16.5 Å². The maximum absolute atomic E-state index is 12.5. The van der Waals surface area contributed by atoms with Gasteiger partial charge in [0.25, 0.3) is 5.56 Å². The molecule has 4 rings (SSSR count). The van der Waals surface area contributed by atoms with Crippen LogP contribution in [0.3, 0.4) is 0 Å². The zero-order valence-electron chi connectivity index (χ0n) is 12.8. The Morgan fingerprint density at radius 1 is 1.17 bits per heavy atom. The fraction of sp³-hybridized carbons (Fsp3) is 0.222. The van der Waals surface area contributed by atoms with Gasteiger partial charge in [0.15, 0.2) is 0 Å². The van der Waals surface area contributed by atoms with Gasteiger partial charge in [0.05, 0.1) is 18.5 Å². The van der Waals surface area contributed by atoms with Crippen LogP contribution in [-0.2, 0) is 12.8 Å². The molecule has 0 spiro atoms. The lowest BCUT2D eigenvalue weighted by molar-refractivity contribution is 0.414. The summed E-state index contributed by atoms with van der Waals surface area (Å²) in [6.45, 7) is 0. The van der Waals surface area contributed by atoms with E-state index in [-0.39, 0.29) is 5.56 Å². The summed E-state index contributed by atoms with van der Waals surface area (Å²) in [5.41, 5.74) is 3.82. The van der Waals surface area contributed by atoms with Crippen molar-refractivity contribution in [3.8, 4) is 22.7 Å². The maximum Gasteiger partial charge on any atom is 0.271 e. The van der Waals surface area contributed by atoms with E-state index in [1.807, 2.05) is 24.3 Å². The van der Waals surface area contributed by atoms with Crippen LogP contribution in [-0.4, -0.2) is 16.9 Å². The molecule has 0 N–H and O–H groups in total. The highest BCUT2D eigenvalue weighted by Gasteiger charge is 2.19. The second-order valence-electron chi connectivity index (χ2n) is 5.58. The Labute approximate surface area is 138 Å². The number of rotatable bonds is 2. The number of fused-ring (bicyclic) bond motifs is 3. The third-order valence-corrected chi connectivity index (χ3v) is 5.16. The fourth-order valence-electron chi connectivity index (χ4n) is 3.00. The molecule has 0 radical (unpaired) electrons. The Kier molecular flexibility index (Phi) is 3.50. The predicted molar refractivity (Wildman–Crippen MR) is 91.7 cm³/mol. The maximum atomic E-state index is 12.5. The molecule has 1 aromatic carbocycles. The molecule has 5 heteroatoms. The summed E-state index contributed by atoms with van der Waals surface area (Å²) in [7, 11) is 1.62. The highest BCUT2D eigenvalue weighted by molar-refractivity contribution is 7.10. The van der Waals surface area contributed by atoms with E-state index in [0.29, 0.717) is 0 Å². The van der Waals surface area contributed by atoms with Crippen molar-refractivity contribution in [2.45, 2.75) is 19.3 Å². The van der Waals surface area contributed by atoms with Crippen molar-refractivity contribution in [2.24, 2.45) is 0 Å². The topological polar surface area (TPSA) is 44.1 Å². The van der Waals surface area contributed by atoms with Crippen molar-refractivity contribution in [1.82, 2.24) is 9.78 Å². The number of methoxy groups -OCH3 is 1. The molecular weight excluding hydrogens is 308 g/mol. The Morgan fingerprint density at radius 2 is 2.00 bits per heavy atom. The first-order chi connectivity index (χ1) is 11.3. The summed E-state index contributed by atoms with van der Waals surface area (Å²) < 4.78 is 6.65. The minimum absolute atomic E-state index is 0.0902. The molecule has 2 heterocycles. The van der Waals surface area contributed by atoms with Gasteiger partial charge in [-0.2, -0.15) is 9.78 Å². The zero-order valence-corrected chi connectivity index (χ0v) is 13.6. The molecule has 1 aliphatic carbocycles. The molecule has 0 bridgehead atoms. The SMILES string of the molecule is COc1ccc(-n2nc3c(cc2=O)CCCc2sccc2-3)cc1. The first kappa shape index (κ1) is 14.2. The highest BCUT2D eigenvalue weighted by Crippen LogP contribution is 2.33. The Hall–Kier alpha value is -2.40. The van der Waals surface area contributed by atoms with Crippen molar-refractivity contribution in [2.75, 3.05) is 7.11 Å². The third-order valence-electron chi connectivity index (χ3n) is 4.18. The van der Waals surface area contributed by atoms with Gasteiger partial charge in [-0.1, -0.05) is 0 Å². The van der Waals surface area contributed by atoms with Crippen molar-refractivity contribution in [1.29, 1.82) is 0 Å². The van der Waals surface area contributed by atoms with Crippen LogP contribution in [0.2, 0.25) is 0 Å². The molecule has 3 aromatic rings. The van der Waals surface area contributed by atoms with E-state index < -0.39 is 0 Å². The van der Waals surface area contributed by atoms with E-state index >= 15 is 0 Å². The molecule has 0 unspecified atom stereocenters. The fourth-order valence-corrected chi connectivity index (χ4v) is 3.92. The van der Waals surface area contributed by atoms with Crippen molar-refractivity contribution in [3.05, 3.63) is 62.6 Å². The van der Waals surface area contributed by atoms with E-state index in [2.05, 4.69) is 16.5 Å². The number of aromatic nitrogens is 2. The van der Waals surface area contributed by atoms with E-state index in [0.717, 1.165) is 42.0 Å². The van der Waals surface area contributed by atoms with Gasteiger partial charge in [-0.25, -0.2) is 0 Å². The largest absolute Gasteiger partial charge is 0.497 e.